The van der Waals surface area contributed by atoms with Gasteiger partial charge < -0.3 is 19.7 Å². The molecule has 0 radical (unpaired) electrons. The first-order valence-electron chi connectivity index (χ1n) is 7.98. The van der Waals surface area contributed by atoms with Gasteiger partial charge in [0.05, 0.1) is 6.10 Å². The number of ether oxygens (including phenoxy) is 2. The lowest BCUT2D eigenvalue weighted by Gasteiger charge is -2.56. The molecule has 130 valence electrons. The van der Waals surface area contributed by atoms with Gasteiger partial charge in [0.15, 0.2) is 6.61 Å². The Balaban J connectivity index is 1.66. The third kappa shape index (κ3) is 2.78. The zero-order chi connectivity index (χ0) is 17.4. The number of nitrogens with zero attached hydrogens (tertiary/aromatic N) is 2. The van der Waals surface area contributed by atoms with E-state index in [2.05, 4.69) is 10.1 Å². The van der Waals surface area contributed by atoms with Gasteiger partial charge in [-0.15, -0.1) is 0 Å². The van der Waals surface area contributed by atoms with Crippen molar-refractivity contribution < 1.29 is 18.4 Å². The molecule has 1 fully saturated rings. The van der Waals surface area contributed by atoms with Crippen LogP contribution in [-0.2, 0) is 16.9 Å². The summed E-state index contributed by atoms with van der Waals surface area (Å²) in [4.78, 5) is 4.37. The van der Waals surface area contributed by atoms with Crippen LogP contribution in [0.1, 0.15) is 38.9 Å². The molecule has 2 atom stereocenters. The number of benzene rings is 1. The maximum Gasteiger partial charge on any atom is 0.247 e. The first-order valence-corrected chi connectivity index (χ1v) is 7.98. The van der Waals surface area contributed by atoms with Gasteiger partial charge in [0.1, 0.15) is 17.1 Å². The molecule has 1 aromatic heterocycles. The van der Waals surface area contributed by atoms with Crippen molar-refractivity contribution in [2.24, 2.45) is 11.1 Å². The highest BCUT2D eigenvalue weighted by Gasteiger charge is 2.62. The summed E-state index contributed by atoms with van der Waals surface area (Å²) in [7, 11) is 0. The second-order valence-electron chi connectivity index (χ2n) is 6.60. The monoisotopic (exact) mass is 335 g/mol. The zero-order valence-electron chi connectivity index (χ0n) is 14.1. The summed E-state index contributed by atoms with van der Waals surface area (Å²) in [5.74, 6) is 1.01. The Morgan fingerprint density at radius 1 is 1.33 bits per heavy atom. The minimum atomic E-state index is -0.714. The van der Waals surface area contributed by atoms with Crippen LogP contribution in [0.25, 0.3) is 0 Å². The molecule has 2 N–H and O–H groups in total. The topological polar surface area (TPSA) is 83.4 Å². The van der Waals surface area contributed by atoms with Gasteiger partial charge in [-0.25, -0.2) is 4.39 Å². The van der Waals surface area contributed by atoms with Crippen LogP contribution in [0.15, 0.2) is 28.8 Å². The molecule has 0 spiro atoms. The quantitative estimate of drug-likeness (QED) is 0.874. The van der Waals surface area contributed by atoms with Crippen molar-refractivity contribution in [1.29, 1.82) is 0 Å². The van der Waals surface area contributed by atoms with Gasteiger partial charge in [-0.1, -0.05) is 19.0 Å². The maximum atomic E-state index is 12.9. The van der Waals surface area contributed by atoms with E-state index in [0.717, 1.165) is 0 Å². The minimum Gasteiger partial charge on any atom is -0.485 e. The molecular weight excluding hydrogens is 313 g/mol. The van der Waals surface area contributed by atoms with Gasteiger partial charge in [0.2, 0.25) is 11.7 Å². The Morgan fingerprint density at radius 2 is 2.04 bits per heavy atom. The predicted molar refractivity (Wildman–Crippen MR) is 84.7 cm³/mol. The van der Waals surface area contributed by atoms with Gasteiger partial charge in [0, 0.05) is 18.4 Å². The van der Waals surface area contributed by atoms with E-state index in [4.69, 9.17) is 19.7 Å². The minimum absolute atomic E-state index is 0.0679. The average molecular weight is 335 g/mol. The molecular formula is C17H22FN3O3. The molecule has 0 aliphatic heterocycles. The van der Waals surface area contributed by atoms with Crippen molar-refractivity contribution in [2.75, 3.05) is 6.61 Å². The van der Waals surface area contributed by atoms with Crippen molar-refractivity contribution in [1.82, 2.24) is 10.1 Å². The molecule has 0 bridgehead atoms. The van der Waals surface area contributed by atoms with Crippen LogP contribution in [0.4, 0.5) is 4.39 Å². The molecule has 3 rings (SSSR count). The van der Waals surface area contributed by atoms with Gasteiger partial charge in [-0.3, -0.25) is 0 Å². The molecule has 1 aliphatic rings. The van der Waals surface area contributed by atoms with E-state index in [-0.39, 0.29) is 23.9 Å². The first-order chi connectivity index (χ1) is 11.4. The smallest absolute Gasteiger partial charge is 0.247 e. The fourth-order valence-corrected chi connectivity index (χ4v) is 2.97. The fraction of sp³-hybridized carbons (Fsp3) is 0.529. The molecule has 1 aliphatic carbocycles. The number of aromatic nitrogens is 2. The summed E-state index contributed by atoms with van der Waals surface area (Å²) in [6.45, 7) is 6.81. The van der Waals surface area contributed by atoms with Crippen molar-refractivity contribution in [3.8, 4) is 5.75 Å². The number of hydrogen-bond donors (Lipinski definition) is 1. The lowest BCUT2D eigenvalue weighted by Crippen LogP contribution is -2.67. The van der Waals surface area contributed by atoms with E-state index in [1.807, 2.05) is 20.8 Å². The molecule has 24 heavy (non-hydrogen) atoms. The molecule has 0 saturated heterocycles. The van der Waals surface area contributed by atoms with Crippen LogP contribution in [-0.4, -0.2) is 22.9 Å². The largest absolute Gasteiger partial charge is 0.485 e. The normalized spacial score (nSPS) is 25.3. The van der Waals surface area contributed by atoms with Gasteiger partial charge in [-0.2, -0.15) is 4.98 Å². The van der Waals surface area contributed by atoms with Crippen LogP contribution in [0.2, 0.25) is 0 Å². The van der Waals surface area contributed by atoms with Crippen LogP contribution in [0.3, 0.4) is 0 Å². The Bertz CT molecular complexity index is 701. The SMILES string of the molecule is CCOC1CC(N)(c2nc(COc3ccc(F)cc3)no2)C1(C)C. The van der Waals surface area contributed by atoms with Crippen LogP contribution >= 0.6 is 0 Å². The first kappa shape index (κ1) is 16.9. The Hall–Kier alpha value is -1.99. The zero-order valence-corrected chi connectivity index (χ0v) is 14.1. The predicted octanol–water partition coefficient (Wildman–Crippen LogP) is 2.78. The average Bonchev–Trinajstić information content (AvgIpc) is 3.03. The summed E-state index contributed by atoms with van der Waals surface area (Å²) in [5.41, 5.74) is 5.49. The van der Waals surface area contributed by atoms with E-state index in [1.54, 1.807) is 12.1 Å². The highest BCUT2D eigenvalue weighted by Crippen LogP contribution is 2.55. The molecule has 0 amide bonds. The lowest BCUT2D eigenvalue weighted by molar-refractivity contribution is -0.162. The summed E-state index contributed by atoms with van der Waals surface area (Å²) in [5, 5.41) is 3.93. The third-order valence-electron chi connectivity index (χ3n) is 4.86. The van der Waals surface area contributed by atoms with Gasteiger partial charge >= 0.3 is 0 Å². The molecule has 1 heterocycles. The Morgan fingerprint density at radius 3 is 2.67 bits per heavy atom. The summed E-state index contributed by atoms with van der Waals surface area (Å²) in [6.07, 6.45) is 0.701. The van der Waals surface area contributed by atoms with Crippen molar-refractivity contribution >= 4 is 0 Å². The number of hydrogen-bond acceptors (Lipinski definition) is 6. The third-order valence-corrected chi connectivity index (χ3v) is 4.86. The lowest BCUT2D eigenvalue weighted by atomic mass is 9.54. The second kappa shape index (κ2) is 6.14. The van der Waals surface area contributed by atoms with E-state index < -0.39 is 5.54 Å². The number of halogens is 1. The van der Waals surface area contributed by atoms with E-state index in [0.29, 0.717) is 30.5 Å². The fourth-order valence-electron chi connectivity index (χ4n) is 2.97. The van der Waals surface area contributed by atoms with Crippen molar-refractivity contribution in [3.05, 3.63) is 41.8 Å². The van der Waals surface area contributed by atoms with E-state index in [9.17, 15) is 4.39 Å². The van der Waals surface area contributed by atoms with E-state index >= 15 is 0 Å². The molecule has 1 saturated carbocycles. The summed E-state index contributed by atoms with van der Waals surface area (Å²) >= 11 is 0. The van der Waals surface area contributed by atoms with Crippen molar-refractivity contribution in [2.45, 2.75) is 45.4 Å². The molecule has 6 nitrogen and oxygen atoms in total. The van der Waals surface area contributed by atoms with Crippen LogP contribution in [0.5, 0.6) is 5.75 Å². The molecule has 7 heteroatoms. The summed E-state index contributed by atoms with van der Waals surface area (Å²) in [6, 6.07) is 5.75. The van der Waals surface area contributed by atoms with Gasteiger partial charge in [-0.05, 0) is 31.2 Å². The highest BCUT2D eigenvalue weighted by atomic mass is 19.1. The van der Waals surface area contributed by atoms with Crippen LogP contribution in [0, 0.1) is 11.2 Å². The van der Waals surface area contributed by atoms with E-state index in [1.165, 1.54) is 12.1 Å². The Labute approximate surface area is 140 Å². The maximum absolute atomic E-state index is 12.9. The number of rotatable bonds is 6. The highest BCUT2D eigenvalue weighted by molar-refractivity contribution is 5.23. The van der Waals surface area contributed by atoms with Crippen LogP contribution < -0.4 is 10.5 Å². The summed E-state index contributed by atoms with van der Waals surface area (Å²) < 4.78 is 29.5. The molecule has 1 aromatic carbocycles. The van der Waals surface area contributed by atoms with Crippen molar-refractivity contribution in [3.63, 3.8) is 0 Å². The second-order valence-corrected chi connectivity index (χ2v) is 6.60. The standard InChI is InChI=1S/C17H22FN3O3/c1-4-22-13-9-17(19,16(13,2)3)15-20-14(21-24-15)10-23-12-7-5-11(18)6-8-12/h5-8,13H,4,9-10,19H2,1-3H3. The molecule has 2 unspecified atom stereocenters. The van der Waals surface area contributed by atoms with Gasteiger partial charge in [0.25, 0.3) is 0 Å². The molecule has 2 aromatic rings. The number of nitrogens with two attached hydrogens (primary N) is 1. The Kier molecular flexibility index (Phi) is 4.31.